The van der Waals surface area contributed by atoms with Crippen LogP contribution in [0.2, 0.25) is 0 Å². The normalized spacial score (nSPS) is 13.2. The quantitative estimate of drug-likeness (QED) is 0.179. The molecule has 0 radical (unpaired) electrons. The molecule has 0 bridgehead atoms. The van der Waals surface area contributed by atoms with Crippen molar-refractivity contribution in [3.05, 3.63) is 60.8 Å². The molecule has 0 aliphatic rings. The fourth-order valence-electron chi connectivity index (χ4n) is 2.11. The molecule has 0 spiro atoms. The van der Waals surface area contributed by atoms with E-state index in [9.17, 15) is 4.79 Å². The Hall–Kier alpha value is -1.83. The van der Waals surface area contributed by atoms with Crippen molar-refractivity contribution in [1.29, 1.82) is 0 Å². The summed E-state index contributed by atoms with van der Waals surface area (Å²) >= 11 is 0. The van der Waals surface area contributed by atoms with Gasteiger partial charge in [-0.15, -0.1) is 0 Å². The van der Waals surface area contributed by atoms with Crippen molar-refractivity contribution >= 4 is 5.97 Å². The van der Waals surface area contributed by atoms with Gasteiger partial charge in [-0.1, -0.05) is 67.7 Å². The second-order valence-corrected chi connectivity index (χ2v) is 7.59. The summed E-state index contributed by atoms with van der Waals surface area (Å²) in [7, 11) is 0. The first-order valence-electron chi connectivity index (χ1n) is 10.4. The fraction of sp³-hybridized carbons (Fsp3) is 0.560. The van der Waals surface area contributed by atoms with Gasteiger partial charge in [0.15, 0.2) is 0 Å². The van der Waals surface area contributed by atoms with E-state index >= 15 is 0 Å². The van der Waals surface area contributed by atoms with E-state index in [0.29, 0.717) is 6.61 Å². The van der Waals surface area contributed by atoms with Crippen LogP contribution < -0.4 is 0 Å². The average Bonchev–Trinajstić information content (AvgIpc) is 2.62. The van der Waals surface area contributed by atoms with E-state index < -0.39 is 5.41 Å². The molecule has 0 aromatic rings. The maximum atomic E-state index is 11.6. The first kappa shape index (κ1) is 25.2. The van der Waals surface area contributed by atoms with Gasteiger partial charge < -0.3 is 4.74 Å². The predicted molar refractivity (Wildman–Crippen MR) is 119 cm³/mol. The Labute approximate surface area is 167 Å². The molecular weight excluding hydrogens is 332 g/mol. The van der Waals surface area contributed by atoms with Crippen LogP contribution in [0.4, 0.5) is 0 Å². The summed E-state index contributed by atoms with van der Waals surface area (Å²) in [5.74, 6) is -0.114. The molecule has 0 aliphatic carbocycles. The SMILES string of the molecule is CC/C=C/C/C=C/C/C=C/C/C=C/C/C=C/CCCCOC(=O)C(C)(C)C. The number of hydrogen-bond acceptors (Lipinski definition) is 2. The van der Waals surface area contributed by atoms with Gasteiger partial charge in [-0.05, 0) is 72.1 Å². The standard InChI is InChI=1S/C25H40O2/c1-5-6-7-8-9-10-11-12-13-14-15-16-17-18-19-20-21-22-23-27-24(26)25(2,3)4/h6-7,9-10,12-13,15-16,18-19H,5,8,11,14,17,20-23H2,1-4H3/b7-6+,10-9+,13-12+,16-15+,19-18+. The Kier molecular flexibility index (Phi) is 16.4. The van der Waals surface area contributed by atoms with Gasteiger partial charge in [0, 0.05) is 0 Å². The molecule has 0 atom stereocenters. The third-order valence-electron chi connectivity index (χ3n) is 3.77. The van der Waals surface area contributed by atoms with Crippen LogP contribution >= 0.6 is 0 Å². The molecule has 0 saturated heterocycles. The van der Waals surface area contributed by atoms with Crippen LogP contribution in [0.1, 0.15) is 79.1 Å². The Morgan fingerprint density at radius 1 is 0.704 bits per heavy atom. The highest BCUT2D eigenvalue weighted by atomic mass is 16.5. The van der Waals surface area contributed by atoms with E-state index in [1.165, 1.54) is 0 Å². The van der Waals surface area contributed by atoms with Gasteiger partial charge in [0.05, 0.1) is 12.0 Å². The number of carbonyl (C=O) groups excluding carboxylic acids is 1. The number of ether oxygens (including phenoxy) is 1. The van der Waals surface area contributed by atoms with Gasteiger partial charge in [0.2, 0.25) is 0 Å². The third-order valence-corrected chi connectivity index (χ3v) is 3.77. The molecule has 0 rings (SSSR count). The molecule has 152 valence electrons. The summed E-state index contributed by atoms with van der Waals surface area (Å²) in [6, 6.07) is 0. The number of rotatable bonds is 14. The minimum atomic E-state index is -0.399. The Morgan fingerprint density at radius 2 is 1.15 bits per heavy atom. The van der Waals surface area contributed by atoms with Crippen LogP contribution in [0.15, 0.2) is 60.8 Å². The van der Waals surface area contributed by atoms with Crippen molar-refractivity contribution in [2.24, 2.45) is 5.41 Å². The van der Waals surface area contributed by atoms with E-state index in [1.807, 2.05) is 20.8 Å². The highest BCUT2D eigenvalue weighted by molar-refractivity contribution is 5.75. The summed E-state index contributed by atoms with van der Waals surface area (Å²) in [5, 5.41) is 0. The lowest BCUT2D eigenvalue weighted by molar-refractivity contribution is -0.153. The van der Waals surface area contributed by atoms with Crippen LogP contribution in [0.3, 0.4) is 0 Å². The lowest BCUT2D eigenvalue weighted by Crippen LogP contribution is -2.23. The molecule has 0 aliphatic heterocycles. The van der Waals surface area contributed by atoms with Crippen molar-refractivity contribution in [3.8, 4) is 0 Å². The Bertz CT molecular complexity index is 499. The molecule has 0 aromatic heterocycles. The zero-order valence-corrected chi connectivity index (χ0v) is 18.0. The molecule has 0 unspecified atom stereocenters. The molecule has 0 fully saturated rings. The van der Waals surface area contributed by atoms with Gasteiger partial charge in [-0.3, -0.25) is 4.79 Å². The highest BCUT2D eigenvalue weighted by Gasteiger charge is 2.22. The van der Waals surface area contributed by atoms with E-state index in [2.05, 4.69) is 67.7 Å². The predicted octanol–water partition coefficient (Wildman–Crippen LogP) is 7.50. The number of unbranched alkanes of at least 4 members (excludes halogenated alkanes) is 2. The smallest absolute Gasteiger partial charge is 0.311 e. The summed E-state index contributed by atoms with van der Waals surface area (Å²) in [6.07, 6.45) is 30.3. The molecule has 0 heterocycles. The minimum Gasteiger partial charge on any atom is -0.465 e. The van der Waals surface area contributed by atoms with Crippen LogP contribution in [-0.2, 0) is 9.53 Å². The zero-order valence-electron chi connectivity index (χ0n) is 18.0. The van der Waals surface area contributed by atoms with Crippen molar-refractivity contribution in [2.45, 2.75) is 79.1 Å². The second-order valence-electron chi connectivity index (χ2n) is 7.59. The van der Waals surface area contributed by atoms with E-state index in [0.717, 1.165) is 51.4 Å². The summed E-state index contributed by atoms with van der Waals surface area (Å²) < 4.78 is 5.25. The van der Waals surface area contributed by atoms with Gasteiger partial charge >= 0.3 is 5.97 Å². The minimum absolute atomic E-state index is 0.114. The average molecular weight is 373 g/mol. The van der Waals surface area contributed by atoms with Gasteiger partial charge in [0.25, 0.3) is 0 Å². The lowest BCUT2D eigenvalue weighted by atomic mass is 9.97. The van der Waals surface area contributed by atoms with Crippen LogP contribution in [0.25, 0.3) is 0 Å². The molecule has 2 heteroatoms. The van der Waals surface area contributed by atoms with Gasteiger partial charge in [-0.25, -0.2) is 0 Å². The number of allylic oxidation sites excluding steroid dienone is 10. The maximum absolute atomic E-state index is 11.6. The Morgan fingerprint density at radius 3 is 1.59 bits per heavy atom. The second kappa shape index (κ2) is 17.6. The summed E-state index contributed by atoms with van der Waals surface area (Å²) in [5.41, 5.74) is -0.399. The highest BCUT2D eigenvalue weighted by Crippen LogP contribution is 2.15. The lowest BCUT2D eigenvalue weighted by Gasteiger charge is -2.16. The molecule has 2 nitrogen and oxygen atoms in total. The van der Waals surface area contributed by atoms with E-state index in [-0.39, 0.29) is 5.97 Å². The van der Waals surface area contributed by atoms with Crippen LogP contribution in [0, 0.1) is 5.41 Å². The summed E-state index contributed by atoms with van der Waals surface area (Å²) in [6.45, 7) is 8.33. The van der Waals surface area contributed by atoms with Gasteiger partial charge in [0.1, 0.15) is 0 Å². The molecule has 0 saturated carbocycles. The zero-order chi connectivity index (χ0) is 20.2. The van der Waals surface area contributed by atoms with Crippen LogP contribution in [-0.4, -0.2) is 12.6 Å². The van der Waals surface area contributed by atoms with Crippen molar-refractivity contribution in [1.82, 2.24) is 0 Å². The Balaban J connectivity index is 3.51. The molecule has 0 N–H and O–H groups in total. The maximum Gasteiger partial charge on any atom is 0.311 e. The largest absolute Gasteiger partial charge is 0.465 e. The topological polar surface area (TPSA) is 26.3 Å². The third kappa shape index (κ3) is 18.8. The van der Waals surface area contributed by atoms with Crippen LogP contribution in [0.5, 0.6) is 0 Å². The molecule has 27 heavy (non-hydrogen) atoms. The number of hydrogen-bond donors (Lipinski definition) is 0. The van der Waals surface area contributed by atoms with E-state index in [1.54, 1.807) is 0 Å². The first-order chi connectivity index (χ1) is 13.0. The fourth-order valence-corrected chi connectivity index (χ4v) is 2.11. The molecule has 0 aromatic carbocycles. The number of carbonyl (C=O) groups is 1. The summed E-state index contributed by atoms with van der Waals surface area (Å²) in [4.78, 5) is 11.6. The monoisotopic (exact) mass is 372 g/mol. The van der Waals surface area contributed by atoms with Crippen molar-refractivity contribution in [3.63, 3.8) is 0 Å². The van der Waals surface area contributed by atoms with Crippen molar-refractivity contribution < 1.29 is 9.53 Å². The number of esters is 1. The molecule has 0 amide bonds. The first-order valence-corrected chi connectivity index (χ1v) is 10.4. The van der Waals surface area contributed by atoms with Gasteiger partial charge in [-0.2, -0.15) is 0 Å². The van der Waals surface area contributed by atoms with E-state index in [4.69, 9.17) is 4.74 Å². The van der Waals surface area contributed by atoms with Crippen molar-refractivity contribution in [2.75, 3.05) is 6.61 Å². The molecular formula is C25H40O2.